The zero-order valence-electron chi connectivity index (χ0n) is 10.4. The van der Waals surface area contributed by atoms with Gasteiger partial charge in [0.25, 0.3) is 0 Å². The molecule has 0 aliphatic heterocycles. The van der Waals surface area contributed by atoms with Crippen LogP contribution in [0.4, 0.5) is 0 Å². The molecular formula is C15H14BrIO2. The van der Waals surface area contributed by atoms with Crippen molar-refractivity contribution in [3.63, 3.8) is 0 Å². The fraction of sp³-hybridized carbons (Fsp3) is 0.200. The van der Waals surface area contributed by atoms with Gasteiger partial charge in [-0.05, 0) is 71.0 Å². The van der Waals surface area contributed by atoms with Gasteiger partial charge in [-0.1, -0.05) is 28.1 Å². The van der Waals surface area contributed by atoms with Crippen LogP contribution in [0.25, 0.3) is 0 Å². The monoisotopic (exact) mass is 432 g/mol. The molecule has 2 aromatic rings. The van der Waals surface area contributed by atoms with E-state index in [-0.39, 0.29) is 0 Å². The maximum absolute atomic E-state index is 10.5. The number of rotatable bonds is 4. The lowest BCUT2D eigenvalue weighted by molar-refractivity contribution is 0.219. The highest BCUT2D eigenvalue weighted by Crippen LogP contribution is 2.29. The SMILES string of the molecule is CCOc1ccc(C(O)c2cc(Br)ccc2I)cc1. The smallest absolute Gasteiger partial charge is 0.119 e. The van der Waals surface area contributed by atoms with Crippen molar-refractivity contribution in [3.8, 4) is 5.75 Å². The summed E-state index contributed by atoms with van der Waals surface area (Å²) in [6, 6.07) is 13.5. The first kappa shape index (κ1) is 14.8. The molecule has 1 unspecified atom stereocenters. The van der Waals surface area contributed by atoms with Gasteiger partial charge in [0.05, 0.1) is 6.61 Å². The van der Waals surface area contributed by atoms with Crippen LogP contribution in [0, 0.1) is 3.57 Å². The van der Waals surface area contributed by atoms with Crippen molar-refractivity contribution in [2.75, 3.05) is 6.61 Å². The Morgan fingerprint density at radius 3 is 2.53 bits per heavy atom. The molecule has 0 aromatic heterocycles. The van der Waals surface area contributed by atoms with Crippen LogP contribution in [-0.4, -0.2) is 11.7 Å². The summed E-state index contributed by atoms with van der Waals surface area (Å²) in [6.45, 7) is 2.60. The van der Waals surface area contributed by atoms with Gasteiger partial charge in [0, 0.05) is 8.04 Å². The van der Waals surface area contributed by atoms with E-state index in [2.05, 4.69) is 38.5 Å². The first-order valence-electron chi connectivity index (χ1n) is 5.97. The summed E-state index contributed by atoms with van der Waals surface area (Å²) < 4.78 is 7.41. The van der Waals surface area contributed by atoms with Crippen molar-refractivity contribution in [2.45, 2.75) is 13.0 Å². The van der Waals surface area contributed by atoms with Gasteiger partial charge >= 0.3 is 0 Å². The van der Waals surface area contributed by atoms with Gasteiger partial charge in [0.2, 0.25) is 0 Å². The molecule has 19 heavy (non-hydrogen) atoms. The largest absolute Gasteiger partial charge is 0.494 e. The third kappa shape index (κ3) is 3.70. The Kier molecular flexibility index (Phi) is 5.24. The summed E-state index contributed by atoms with van der Waals surface area (Å²) in [5, 5.41) is 10.5. The molecule has 0 radical (unpaired) electrons. The van der Waals surface area contributed by atoms with Gasteiger partial charge in [-0.15, -0.1) is 0 Å². The number of hydrogen-bond acceptors (Lipinski definition) is 2. The lowest BCUT2D eigenvalue weighted by Crippen LogP contribution is -2.02. The summed E-state index contributed by atoms with van der Waals surface area (Å²) in [6.07, 6.45) is -0.625. The van der Waals surface area contributed by atoms with E-state index in [4.69, 9.17) is 4.74 Å². The number of hydrogen-bond donors (Lipinski definition) is 1. The molecule has 1 N–H and O–H groups in total. The maximum atomic E-state index is 10.5. The van der Waals surface area contributed by atoms with E-state index < -0.39 is 6.10 Å². The van der Waals surface area contributed by atoms with E-state index in [1.165, 1.54) is 0 Å². The summed E-state index contributed by atoms with van der Waals surface area (Å²) in [4.78, 5) is 0. The van der Waals surface area contributed by atoms with E-state index in [0.717, 1.165) is 24.9 Å². The summed E-state index contributed by atoms with van der Waals surface area (Å²) in [5.74, 6) is 0.822. The zero-order chi connectivity index (χ0) is 13.8. The molecule has 0 aliphatic rings. The Morgan fingerprint density at radius 1 is 1.21 bits per heavy atom. The minimum atomic E-state index is -0.625. The molecule has 1 atom stereocenters. The highest BCUT2D eigenvalue weighted by Gasteiger charge is 2.14. The van der Waals surface area contributed by atoms with Crippen LogP contribution < -0.4 is 4.74 Å². The van der Waals surface area contributed by atoms with Gasteiger partial charge in [-0.3, -0.25) is 0 Å². The second-order valence-electron chi connectivity index (χ2n) is 4.07. The molecule has 2 aromatic carbocycles. The maximum Gasteiger partial charge on any atom is 0.119 e. The number of aliphatic hydroxyl groups is 1. The van der Waals surface area contributed by atoms with Crippen LogP contribution in [0.3, 0.4) is 0 Å². The molecule has 0 saturated carbocycles. The molecule has 0 heterocycles. The van der Waals surface area contributed by atoms with Crippen LogP contribution >= 0.6 is 38.5 Å². The first-order chi connectivity index (χ1) is 9.11. The highest BCUT2D eigenvalue weighted by atomic mass is 127. The van der Waals surface area contributed by atoms with Crippen molar-refractivity contribution in [1.82, 2.24) is 0 Å². The normalized spacial score (nSPS) is 12.2. The van der Waals surface area contributed by atoms with E-state index in [1.54, 1.807) is 0 Å². The zero-order valence-corrected chi connectivity index (χ0v) is 14.2. The number of ether oxygens (including phenoxy) is 1. The highest BCUT2D eigenvalue weighted by molar-refractivity contribution is 14.1. The molecule has 100 valence electrons. The second-order valence-corrected chi connectivity index (χ2v) is 6.15. The molecule has 0 amide bonds. The van der Waals surface area contributed by atoms with Gasteiger partial charge in [0.1, 0.15) is 11.9 Å². The van der Waals surface area contributed by atoms with Crippen molar-refractivity contribution < 1.29 is 9.84 Å². The predicted molar refractivity (Wildman–Crippen MR) is 88.5 cm³/mol. The summed E-state index contributed by atoms with van der Waals surface area (Å²) in [5.41, 5.74) is 1.76. The average Bonchev–Trinajstić information content (AvgIpc) is 2.42. The topological polar surface area (TPSA) is 29.5 Å². The molecule has 0 spiro atoms. The Hall–Kier alpha value is -0.590. The summed E-state index contributed by atoms with van der Waals surface area (Å²) in [7, 11) is 0. The first-order valence-corrected chi connectivity index (χ1v) is 7.84. The third-order valence-corrected chi connectivity index (χ3v) is 4.24. The average molecular weight is 433 g/mol. The number of benzene rings is 2. The molecule has 2 rings (SSSR count). The predicted octanol–water partition coefficient (Wildman–Crippen LogP) is 4.53. The Balaban J connectivity index is 2.27. The Bertz CT molecular complexity index is 555. The standard InChI is InChI=1S/C15H14BrIO2/c1-2-19-12-6-3-10(4-7-12)15(18)13-9-11(16)5-8-14(13)17/h3-9,15,18H,2H2,1H3. The Morgan fingerprint density at radius 2 is 1.89 bits per heavy atom. The minimum absolute atomic E-state index is 0.625. The van der Waals surface area contributed by atoms with Crippen LogP contribution in [0.1, 0.15) is 24.2 Å². The van der Waals surface area contributed by atoms with E-state index >= 15 is 0 Å². The number of aliphatic hydroxyl groups excluding tert-OH is 1. The molecule has 0 saturated heterocycles. The van der Waals surface area contributed by atoms with Crippen molar-refractivity contribution in [1.29, 1.82) is 0 Å². The lowest BCUT2D eigenvalue weighted by atomic mass is 10.0. The van der Waals surface area contributed by atoms with Crippen molar-refractivity contribution in [2.24, 2.45) is 0 Å². The third-order valence-electron chi connectivity index (χ3n) is 2.76. The second kappa shape index (κ2) is 6.72. The number of halogens is 2. The van der Waals surface area contributed by atoms with E-state index in [9.17, 15) is 5.11 Å². The lowest BCUT2D eigenvalue weighted by Gasteiger charge is -2.14. The Labute approximate surface area is 135 Å². The van der Waals surface area contributed by atoms with Gasteiger partial charge in [-0.25, -0.2) is 0 Å². The van der Waals surface area contributed by atoms with E-state index in [0.29, 0.717) is 6.61 Å². The molecule has 0 bridgehead atoms. The fourth-order valence-corrected chi connectivity index (χ4v) is 2.83. The molecule has 0 fully saturated rings. The van der Waals surface area contributed by atoms with Crippen LogP contribution in [0.15, 0.2) is 46.9 Å². The van der Waals surface area contributed by atoms with Gasteiger partial charge in [-0.2, -0.15) is 0 Å². The molecule has 2 nitrogen and oxygen atoms in total. The molecular weight excluding hydrogens is 419 g/mol. The molecule has 0 aliphatic carbocycles. The fourth-order valence-electron chi connectivity index (χ4n) is 1.82. The van der Waals surface area contributed by atoms with Gasteiger partial charge < -0.3 is 9.84 Å². The molecule has 4 heteroatoms. The minimum Gasteiger partial charge on any atom is -0.494 e. The van der Waals surface area contributed by atoms with Crippen molar-refractivity contribution in [3.05, 3.63) is 61.6 Å². The van der Waals surface area contributed by atoms with Crippen LogP contribution in [0.2, 0.25) is 0 Å². The van der Waals surface area contributed by atoms with Crippen LogP contribution in [-0.2, 0) is 0 Å². The van der Waals surface area contributed by atoms with Crippen molar-refractivity contribution >= 4 is 38.5 Å². The summed E-state index contributed by atoms with van der Waals surface area (Å²) >= 11 is 5.67. The van der Waals surface area contributed by atoms with Crippen LogP contribution in [0.5, 0.6) is 5.75 Å². The quantitative estimate of drug-likeness (QED) is 0.719. The van der Waals surface area contributed by atoms with E-state index in [1.807, 2.05) is 49.4 Å². The van der Waals surface area contributed by atoms with Gasteiger partial charge in [0.15, 0.2) is 0 Å².